The zero-order chi connectivity index (χ0) is 8.97. The predicted octanol–water partition coefficient (Wildman–Crippen LogP) is 0.804. The van der Waals surface area contributed by atoms with Crippen molar-refractivity contribution in [1.29, 1.82) is 0 Å². The molecule has 0 fully saturated rings. The van der Waals surface area contributed by atoms with Gasteiger partial charge in [0.15, 0.2) is 0 Å². The summed E-state index contributed by atoms with van der Waals surface area (Å²) in [6, 6.07) is 5.70. The molecule has 0 aliphatic rings. The van der Waals surface area contributed by atoms with Crippen LogP contribution in [0, 0.1) is 6.92 Å². The van der Waals surface area contributed by atoms with Crippen molar-refractivity contribution in [3.05, 3.63) is 23.8 Å². The maximum atomic E-state index is 7.52. The third-order valence-corrected chi connectivity index (χ3v) is 1.71. The van der Waals surface area contributed by atoms with Gasteiger partial charge in [-0.05, 0) is 19.1 Å². The Morgan fingerprint density at radius 1 is 1.50 bits per heavy atom. The van der Waals surface area contributed by atoms with Crippen LogP contribution >= 0.6 is 0 Å². The lowest BCUT2D eigenvalue weighted by atomic mass is 10.2. The van der Waals surface area contributed by atoms with Gasteiger partial charge in [0, 0.05) is 24.3 Å². The number of nitrogens with one attached hydrogen (secondary N) is 1. The summed E-state index contributed by atoms with van der Waals surface area (Å²) < 4.78 is 0. The summed E-state index contributed by atoms with van der Waals surface area (Å²) in [6.07, 6.45) is 0. The Labute approximate surface area is 72.2 Å². The maximum Gasteiger partial charge on any atom is 0.258 e. The van der Waals surface area contributed by atoms with Crippen molar-refractivity contribution in [3.63, 3.8) is 0 Å². The van der Waals surface area contributed by atoms with E-state index >= 15 is 0 Å². The first kappa shape index (κ1) is 8.87. The van der Waals surface area contributed by atoms with Crippen molar-refractivity contribution in [2.45, 2.75) is 6.92 Å². The first-order valence-corrected chi connectivity index (χ1v) is 4.00. The normalized spacial score (nSPS) is 9.83. The Balaban J connectivity index is 2.69. The third-order valence-electron chi connectivity index (χ3n) is 1.71. The van der Waals surface area contributed by atoms with Gasteiger partial charge in [0.25, 0.3) is 5.75 Å². The number of hydrogen-bond acceptors (Lipinski definition) is 2. The molecule has 0 unspecified atom stereocenters. The van der Waals surface area contributed by atoms with Crippen molar-refractivity contribution >= 4 is 5.69 Å². The van der Waals surface area contributed by atoms with Gasteiger partial charge in [-0.25, -0.2) is 0 Å². The Kier molecular flexibility index (Phi) is 2.94. The Bertz CT molecular complexity index is 261. The molecule has 1 rings (SSSR count). The predicted molar refractivity (Wildman–Crippen MR) is 51.8 cm³/mol. The van der Waals surface area contributed by atoms with E-state index in [9.17, 15) is 0 Å². The van der Waals surface area contributed by atoms with Gasteiger partial charge in [-0.1, -0.05) is 0 Å². The van der Waals surface area contributed by atoms with Crippen molar-refractivity contribution in [1.82, 2.24) is 0 Å². The number of anilines is 1. The van der Waals surface area contributed by atoms with Gasteiger partial charge in [0.1, 0.15) is 0 Å². The molecule has 0 aromatic heterocycles. The van der Waals surface area contributed by atoms with Crippen LogP contribution in [0.15, 0.2) is 18.2 Å². The van der Waals surface area contributed by atoms with Crippen LogP contribution in [0.4, 0.5) is 5.69 Å². The number of benzene rings is 1. The van der Waals surface area contributed by atoms with Crippen LogP contribution in [0.1, 0.15) is 5.56 Å². The smallest absolute Gasteiger partial charge is 0.258 e. The molecule has 66 valence electrons. The molecule has 3 nitrogen and oxygen atoms in total. The van der Waals surface area contributed by atoms with E-state index in [2.05, 4.69) is 5.32 Å². The highest BCUT2D eigenvalue weighted by Crippen LogP contribution is 2.20. The number of nitrogens with two attached hydrogens (primary N) is 1. The minimum Gasteiger partial charge on any atom is -0.593 e. The number of rotatable bonds is 3. The van der Waals surface area contributed by atoms with Gasteiger partial charge >= 0.3 is 0 Å². The summed E-state index contributed by atoms with van der Waals surface area (Å²) in [7, 11) is 0. The van der Waals surface area contributed by atoms with Gasteiger partial charge < -0.3 is 16.2 Å². The highest BCUT2D eigenvalue weighted by atomic mass is 16.3. The van der Waals surface area contributed by atoms with E-state index < -0.39 is 0 Å². The standard InChI is InChI=1S/C9H14N2O/c1-7-2-3-8(6-9(7)12)11-5-4-10/h2-3,6,11-12H,4-5,10H2,1H3/p+1. The fourth-order valence-electron chi connectivity index (χ4n) is 0.948. The summed E-state index contributed by atoms with van der Waals surface area (Å²) in [4.78, 5) is 0. The van der Waals surface area contributed by atoms with E-state index in [-0.39, 0.29) is 0 Å². The second kappa shape index (κ2) is 3.97. The molecule has 0 bridgehead atoms. The number of hydrogen-bond donors (Lipinski definition) is 2. The van der Waals surface area contributed by atoms with E-state index in [1.807, 2.05) is 25.1 Å². The van der Waals surface area contributed by atoms with Crippen molar-refractivity contribution in [2.24, 2.45) is 5.73 Å². The first-order valence-electron chi connectivity index (χ1n) is 4.00. The van der Waals surface area contributed by atoms with Gasteiger partial charge in [0.2, 0.25) is 0 Å². The molecular formula is C9H15N2O+. The van der Waals surface area contributed by atoms with E-state index in [0.717, 1.165) is 17.8 Å². The fourth-order valence-corrected chi connectivity index (χ4v) is 0.948. The van der Waals surface area contributed by atoms with Crippen LogP contribution in [0.25, 0.3) is 0 Å². The lowest BCUT2D eigenvalue weighted by Crippen LogP contribution is -2.12. The molecule has 1 aromatic carbocycles. The summed E-state index contributed by atoms with van der Waals surface area (Å²) in [5.74, 6) is 0.567. The average molecular weight is 167 g/mol. The molecule has 1 aromatic rings. The van der Waals surface area contributed by atoms with E-state index in [1.54, 1.807) is 0 Å². The summed E-state index contributed by atoms with van der Waals surface area (Å²) in [5, 5.41) is 10.6. The summed E-state index contributed by atoms with van der Waals surface area (Å²) >= 11 is 0. The lowest BCUT2D eigenvalue weighted by Gasteiger charge is -2.04. The highest BCUT2D eigenvalue weighted by molar-refractivity contribution is 5.50. The molecule has 0 spiro atoms. The molecule has 0 aliphatic heterocycles. The average Bonchev–Trinajstić information content (AvgIpc) is 2.07. The SMILES string of the molecule is Cc1ccc(NCCN)cc1[OH2+]. The molecule has 0 aliphatic carbocycles. The largest absolute Gasteiger partial charge is 0.593 e. The zero-order valence-electron chi connectivity index (χ0n) is 7.22. The van der Waals surface area contributed by atoms with Gasteiger partial charge in [-0.15, -0.1) is 0 Å². The second-order valence-corrected chi connectivity index (χ2v) is 2.75. The number of aryl methyl sites for hydroxylation is 1. The molecule has 0 saturated carbocycles. The first-order chi connectivity index (χ1) is 5.74. The molecular weight excluding hydrogens is 152 g/mol. The van der Waals surface area contributed by atoms with E-state index in [0.29, 0.717) is 12.3 Å². The molecule has 0 radical (unpaired) electrons. The van der Waals surface area contributed by atoms with Crippen molar-refractivity contribution < 1.29 is 5.11 Å². The Hall–Kier alpha value is -1.22. The Morgan fingerprint density at radius 3 is 2.83 bits per heavy atom. The molecule has 5 N–H and O–H groups in total. The van der Waals surface area contributed by atoms with Crippen molar-refractivity contribution in [3.8, 4) is 5.75 Å². The van der Waals surface area contributed by atoms with Crippen molar-refractivity contribution in [2.75, 3.05) is 18.4 Å². The molecule has 3 heteroatoms. The van der Waals surface area contributed by atoms with Crippen LogP contribution in [0.5, 0.6) is 5.75 Å². The summed E-state index contributed by atoms with van der Waals surface area (Å²) in [5.41, 5.74) is 7.30. The van der Waals surface area contributed by atoms with Gasteiger partial charge in [-0.2, -0.15) is 0 Å². The molecule has 0 atom stereocenters. The van der Waals surface area contributed by atoms with Crippen LogP contribution in [-0.2, 0) is 0 Å². The topological polar surface area (TPSA) is 60.9 Å². The fraction of sp³-hybridized carbons (Fsp3) is 0.333. The third kappa shape index (κ3) is 2.13. The quantitative estimate of drug-likeness (QED) is 0.654. The molecule has 12 heavy (non-hydrogen) atoms. The van der Waals surface area contributed by atoms with Crippen LogP contribution < -0.4 is 11.1 Å². The Morgan fingerprint density at radius 2 is 2.25 bits per heavy atom. The van der Waals surface area contributed by atoms with Gasteiger partial charge in [-0.3, -0.25) is 0 Å². The van der Waals surface area contributed by atoms with Crippen LogP contribution in [0.3, 0.4) is 0 Å². The molecule has 0 amide bonds. The monoisotopic (exact) mass is 167 g/mol. The van der Waals surface area contributed by atoms with Crippen LogP contribution in [0.2, 0.25) is 0 Å². The lowest BCUT2D eigenvalue weighted by molar-refractivity contribution is 0.471. The molecule has 0 saturated heterocycles. The zero-order valence-corrected chi connectivity index (χ0v) is 7.22. The summed E-state index contributed by atoms with van der Waals surface area (Å²) in [6.45, 7) is 3.29. The molecule has 0 heterocycles. The minimum absolute atomic E-state index is 0.567. The maximum absolute atomic E-state index is 7.52. The van der Waals surface area contributed by atoms with E-state index in [1.165, 1.54) is 0 Å². The van der Waals surface area contributed by atoms with Gasteiger partial charge in [0.05, 0.1) is 6.07 Å². The second-order valence-electron chi connectivity index (χ2n) is 2.75. The highest BCUT2D eigenvalue weighted by Gasteiger charge is 2.00. The van der Waals surface area contributed by atoms with E-state index in [4.69, 9.17) is 10.8 Å². The minimum atomic E-state index is 0.567. The van der Waals surface area contributed by atoms with Crippen LogP contribution in [-0.4, -0.2) is 18.2 Å².